The van der Waals surface area contributed by atoms with E-state index in [-0.39, 0.29) is 18.9 Å². The summed E-state index contributed by atoms with van der Waals surface area (Å²) in [6, 6.07) is 10.7. The smallest absolute Gasteiger partial charge is 0.419 e. The summed E-state index contributed by atoms with van der Waals surface area (Å²) in [6.07, 6.45) is 0.870. The minimum Gasteiger partial charge on any atom is -0.493 e. The molecule has 8 heteroatoms. The number of methoxy groups -OCH3 is 2. The number of aromatic nitrogens is 1. The number of fused-ring (bicyclic) bond motifs is 1. The van der Waals surface area contributed by atoms with Gasteiger partial charge in [0, 0.05) is 37.6 Å². The molecule has 0 spiro atoms. The van der Waals surface area contributed by atoms with E-state index < -0.39 is 5.76 Å². The van der Waals surface area contributed by atoms with Gasteiger partial charge in [0.25, 0.3) is 0 Å². The molecule has 0 radical (unpaired) electrons. The second-order valence-electron chi connectivity index (χ2n) is 6.64. The van der Waals surface area contributed by atoms with Gasteiger partial charge in [0.05, 0.1) is 19.7 Å². The van der Waals surface area contributed by atoms with Gasteiger partial charge in [0.15, 0.2) is 17.1 Å². The number of oxazole rings is 1. The number of carbonyl (C=O) groups excluding carboxylic acids is 1. The number of amides is 1. The molecule has 0 aliphatic heterocycles. The topological polar surface area (TPSA) is 73.9 Å². The first-order valence-electron chi connectivity index (χ1n) is 9.16. The van der Waals surface area contributed by atoms with Gasteiger partial charge in [0.1, 0.15) is 0 Å². The van der Waals surface area contributed by atoms with Crippen LogP contribution in [0.3, 0.4) is 0 Å². The molecule has 0 unspecified atom stereocenters. The van der Waals surface area contributed by atoms with Gasteiger partial charge in [-0.25, -0.2) is 4.79 Å². The van der Waals surface area contributed by atoms with Gasteiger partial charge in [-0.1, -0.05) is 17.7 Å². The second kappa shape index (κ2) is 9.05. The molecule has 0 fully saturated rings. The van der Waals surface area contributed by atoms with E-state index in [1.165, 1.54) is 4.57 Å². The highest BCUT2D eigenvalue weighted by molar-refractivity contribution is 6.31. The number of nitrogens with zero attached hydrogens (tertiary/aromatic N) is 2. The van der Waals surface area contributed by atoms with E-state index in [4.69, 9.17) is 25.5 Å². The Morgan fingerprint density at radius 3 is 2.62 bits per heavy atom. The number of hydrogen-bond acceptors (Lipinski definition) is 5. The van der Waals surface area contributed by atoms with E-state index in [0.29, 0.717) is 40.6 Å². The molecule has 154 valence electrons. The third-order valence-corrected chi connectivity index (χ3v) is 5.02. The minimum absolute atomic E-state index is 0.0549. The Kier molecular flexibility index (Phi) is 6.49. The van der Waals surface area contributed by atoms with Crippen LogP contribution in [0.1, 0.15) is 12.0 Å². The number of rotatable bonds is 8. The second-order valence-corrected chi connectivity index (χ2v) is 7.07. The zero-order valence-electron chi connectivity index (χ0n) is 16.6. The van der Waals surface area contributed by atoms with Crippen molar-refractivity contribution < 1.29 is 18.7 Å². The molecule has 0 saturated carbocycles. The Balaban J connectivity index is 1.59. The Hall–Kier alpha value is -2.93. The fourth-order valence-electron chi connectivity index (χ4n) is 3.11. The Bertz CT molecular complexity index is 1070. The van der Waals surface area contributed by atoms with Gasteiger partial charge < -0.3 is 18.8 Å². The van der Waals surface area contributed by atoms with E-state index in [1.54, 1.807) is 44.4 Å². The summed E-state index contributed by atoms with van der Waals surface area (Å²) in [7, 11) is 4.93. The lowest BCUT2D eigenvalue weighted by molar-refractivity contribution is -0.130. The maximum atomic E-state index is 12.5. The summed E-state index contributed by atoms with van der Waals surface area (Å²) in [4.78, 5) is 26.2. The summed E-state index contributed by atoms with van der Waals surface area (Å²) < 4.78 is 17.2. The quantitative estimate of drug-likeness (QED) is 0.560. The van der Waals surface area contributed by atoms with Crippen LogP contribution >= 0.6 is 11.6 Å². The van der Waals surface area contributed by atoms with Gasteiger partial charge in [-0.2, -0.15) is 0 Å². The van der Waals surface area contributed by atoms with Crippen molar-refractivity contribution in [1.82, 2.24) is 9.47 Å². The molecule has 7 nitrogen and oxygen atoms in total. The molecule has 2 aromatic carbocycles. The number of likely N-dealkylation sites (N-methyl/N-ethyl adjacent to an activating group) is 1. The van der Waals surface area contributed by atoms with Crippen LogP contribution in [0.4, 0.5) is 0 Å². The van der Waals surface area contributed by atoms with Crippen LogP contribution in [0.25, 0.3) is 11.1 Å². The lowest BCUT2D eigenvalue weighted by atomic mass is 10.1. The number of aryl methyl sites for hydroxylation is 1. The lowest BCUT2D eigenvalue weighted by Crippen LogP contribution is -2.30. The third kappa shape index (κ3) is 4.74. The van der Waals surface area contributed by atoms with Crippen molar-refractivity contribution in [2.45, 2.75) is 19.4 Å². The molecule has 29 heavy (non-hydrogen) atoms. The van der Waals surface area contributed by atoms with Gasteiger partial charge in [-0.15, -0.1) is 0 Å². The standard InChI is InChI=1S/C21H23ClN2O5/c1-23(10-8-14-4-7-17(27-2)19(12-14)28-3)20(25)9-11-24-16-6-5-15(22)13-18(16)29-21(24)26/h4-7,12-13H,8-11H2,1-3H3. The van der Waals surface area contributed by atoms with Crippen molar-refractivity contribution in [3.05, 3.63) is 57.5 Å². The predicted octanol–water partition coefficient (Wildman–Crippen LogP) is 3.36. The van der Waals surface area contributed by atoms with Gasteiger partial charge >= 0.3 is 5.76 Å². The van der Waals surface area contributed by atoms with E-state index in [1.807, 2.05) is 18.2 Å². The molecule has 0 atom stereocenters. The lowest BCUT2D eigenvalue weighted by Gasteiger charge is -2.18. The molecule has 3 rings (SSSR count). The molecule has 1 aromatic heterocycles. The summed E-state index contributed by atoms with van der Waals surface area (Å²) in [6.45, 7) is 0.790. The van der Waals surface area contributed by atoms with Crippen LogP contribution in [0.2, 0.25) is 5.02 Å². The Morgan fingerprint density at radius 1 is 1.14 bits per heavy atom. The largest absolute Gasteiger partial charge is 0.493 e. The van der Waals surface area contributed by atoms with Crippen LogP contribution in [0.5, 0.6) is 11.5 Å². The SMILES string of the molecule is COc1ccc(CCN(C)C(=O)CCn2c(=O)oc3cc(Cl)ccc32)cc1OC. The van der Waals surface area contributed by atoms with Crippen molar-refractivity contribution in [3.8, 4) is 11.5 Å². The fourth-order valence-corrected chi connectivity index (χ4v) is 3.27. The van der Waals surface area contributed by atoms with Crippen LogP contribution in [0.15, 0.2) is 45.6 Å². The molecule has 0 N–H and O–H groups in total. The molecule has 0 aliphatic carbocycles. The molecule has 1 amide bonds. The van der Waals surface area contributed by atoms with Gasteiger partial charge in [-0.3, -0.25) is 9.36 Å². The van der Waals surface area contributed by atoms with Crippen LogP contribution < -0.4 is 15.2 Å². The molecule has 1 heterocycles. The van der Waals surface area contributed by atoms with Crippen molar-refractivity contribution in [2.24, 2.45) is 0 Å². The van der Waals surface area contributed by atoms with Crippen LogP contribution in [-0.2, 0) is 17.8 Å². The first kappa shape index (κ1) is 20.8. The first-order chi connectivity index (χ1) is 13.9. The van der Waals surface area contributed by atoms with Crippen molar-refractivity contribution >= 4 is 28.6 Å². The van der Waals surface area contributed by atoms with Crippen molar-refractivity contribution in [3.63, 3.8) is 0 Å². The summed E-state index contributed by atoms with van der Waals surface area (Å²) in [5.74, 6) is 0.772. The fraction of sp³-hybridized carbons (Fsp3) is 0.333. The molecular weight excluding hydrogens is 396 g/mol. The highest BCUT2D eigenvalue weighted by Crippen LogP contribution is 2.27. The van der Waals surface area contributed by atoms with Crippen molar-refractivity contribution in [1.29, 1.82) is 0 Å². The monoisotopic (exact) mass is 418 g/mol. The summed E-state index contributed by atoms with van der Waals surface area (Å²) >= 11 is 5.92. The highest BCUT2D eigenvalue weighted by Gasteiger charge is 2.14. The average molecular weight is 419 g/mol. The number of hydrogen-bond donors (Lipinski definition) is 0. The number of benzene rings is 2. The number of halogens is 1. The van der Waals surface area contributed by atoms with E-state index in [0.717, 1.165) is 5.56 Å². The number of ether oxygens (including phenoxy) is 2. The van der Waals surface area contributed by atoms with E-state index in [2.05, 4.69) is 0 Å². The first-order valence-corrected chi connectivity index (χ1v) is 9.54. The maximum absolute atomic E-state index is 12.5. The summed E-state index contributed by atoms with van der Waals surface area (Å²) in [5.41, 5.74) is 2.08. The molecule has 0 aliphatic rings. The maximum Gasteiger partial charge on any atom is 0.419 e. The molecule has 0 bridgehead atoms. The van der Waals surface area contributed by atoms with E-state index >= 15 is 0 Å². The van der Waals surface area contributed by atoms with Gasteiger partial charge in [-0.05, 0) is 36.2 Å². The minimum atomic E-state index is -0.497. The Morgan fingerprint density at radius 2 is 1.90 bits per heavy atom. The molecule has 3 aromatic rings. The molecular formula is C21H23ClN2O5. The van der Waals surface area contributed by atoms with E-state index in [9.17, 15) is 9.59 Å². The Labute approximate surface area is 173 Å². The zero-order chi connectivity index (χ0) is 21.0. The highest BCUT2D eigenvalue weighted by atomic mass is 35.5. The van der Waals surface area contributed by atoms with Crippen LogP contribution in [0, 0.1) is 0 Å². The zero-order valence-corrected chi connectivity index (χ0v) is 17.4. The third-order valence-electron chi connectivity index (χ3n) is 4.79. The summed E-state index contributed by atoms with van der Waals surface area (Å²) in [5, 5.41) is 0.490. The van der Waals surface area contributed by atoms with Crippen molar-refractivity contribution in [2.75, 3.05) is 27.8 Å². The van der Waals surface area contributed by atoms with Crippen LogP contribution in [-0.4, -0.2) is 43.2 Å². The predicted molar refractivity (Wildman–Crippen MR) is 111 cm³/mol. The molecule has 0 saturated heterocycles. The average Bonchev–Trinajstić information content (AvgIpc) is 3.03. The normalized spacial score (nSPS) is 10.9. The number of carbonyl (C=O) groups is 1. The van der Waals surface area contributed by atoms with Gasteiger partial charge in [0.2, 0.25) is 5.91 Å².